The van der Waals surface area contributed by atoms with Crippen molar-refractivity contribution in [2.75, 3.05) is 19.1 Å². The Balaban J connectivity index is 1.18. The average Bonchev–Trinajstić information content (AvgIpc) is 3.59. The number of rotatable bonds is 5. The molecule has 2 fully saturated rings. The maximum atomic E-state index is 12.6. The van der Waals surface area contributed by atoms with Gasteiger partial charge in [-0.15, -0.1) is 0 Å². The number of carbonyl (C=O) groups excluding carboxylic acids is 1. The lowest BCUT2D eigenvalue weighted by molar-refractivity contribution is -0.191. The summed E-state index contributed by atoms with van der Waals surface area (Å²) in [5.74, 6) is 0.265. The van der Waals surface area contributed by atoms with Crippen LogP contribution in [0.15, 0.2) is 43.0 Å². The summed E-state index contributed by atoms with van der Waals surface area (Å²) >= 11 is 0. The van der Waals surface area contributed by atoms with Gasteiger partial charge in [0.15, 0.2) is 35.0 Å². The minimum absolute atomic E-state index is 0.103. The number of aromatic nitrogens is 4. The molecule has 2 saturated heterocycles. The summed E-state index contributed by atoms with van der Waals surface area (Å²) in [5.41, 5.74) is 7.41. The number of anilines is 1. The number of para-hydroxylation sites is 1. The second kappa shape index (κ2) is 8.18. The van der Waals surface area contributed by atoms with Gasteiger partial charge in [0, 0.05) is 6.54 Å². The third-order valence-corrected chi connectivity index (χ3v) is 6.07. The lowest BCUT2D eigenvalue weighted by Gasteiger charge is -2.24. The van der Waals surface area contributed by atoms with Crippen LogP contribution in [0.5, 0.6) is 11.5 Å². The number of carbonyl (C=O) groups is 1. The minimum Gasteiger partial charge on any atom is -0.454 e. The van der Waals surface area contributed by atoms with Gasteiger partial charge >= 0.3 is 0 Å². The summed E-state index contributed by atoms with van der Waals surface area (Å²) in [7, 11) is 0. The molecule has 6 rings (SSSR count). The van der Waals surface area contributed by atoms with Crippen molar-refractivity contribution in [1.82, 2.24) is 24.8 Å². The molecule has 12 heteroatoms. The number of nitrogens with one attached hydrogen (secondary N) is 1. The molecule has 0 aliphatic carbocycles. The van der Waals surface area contributed by atoms with Gasteiger partial charge in [-0.2, -0.15) is 0 Å². The molecular formula is C23H24N6O6. The lowest BCUT2D eigenvalue weighted by Crippen LogP contribution is -2.28. The van der Waals surface area contributed by atoms with Crippen molar-refractivity contribution in [3.63, 3.8) is 0 Å². The summed E-state index contributed by atoms with van der Waals surface area (Å²) in [6.45, 7) is 4.11. The molecule has 5 heterocycles. The number of amides is 1. The van der Waals surface area contributed by atoms with Crippen LogP contribution >= 0.6 is 0 Å². The van der Waals surface area contributed by atoms with Crippen molar-refractivity contribution >= 4 is 22.9 Å². The van der Waals surface area contributed by atoms with Crippen molar-refractivity contribution in [3.05, 3.63) is 48.6 Å². The molecule has 0 spiro atoms. The summed E-state index contributed by atoms with van der Waals surface area (Å²) in [5, 5.41) is 2.86. The van der Waals surface area contributed by atoms with Gasteiger partial charge < -0.3 is 34.7 Å². The second-order valence-electron chi connectivity index (χ2n) is 8.82. The number of fused-ring (bicyclic) bond motifs is 3. The fourth-order valence-electron chi connectivity index (χ4n) is 4.60. The highest BCUT2D eigenvalue weighted by Crippen LogP contribution is 2.44. The van der Waals surface area contributed by atoms with Gasteiger partial charge in [-0.3, -0.25) is 9.36 Å². The van der Waals surface area contributed by atoms with E-state index < -0.39 is 24.2 Å². The van der Waals surface area contributed by atoms with Gasteiger partial charge in [-0.1, -0.05) is 18.2 Å². The smallest absolute Gasteiger partial charge is 0.255 e. The van der Waals surface area contributed by atoms with E-state index in [1.54, 1.807) is 29.1 Å². The van der Waals surface area contributed by atoms with Gasteiger partial charge in [0.2, 0.25) is 6.79 Å². The highest BCUT2D eigenvalue weighted by Gasteiger charge is 2.55. The average molecular weight is 480 g/mol. The summed E-state index contributed by atoms with van der Waals surface area (Å²) < 4.78 is 31.1. The monoisotopic (exact) mass is 480 g/mol. The predicted octanol–water partition coefficient (Wildman–Crippen LogP) is 1.54. The van der Waals surface area contributed by atoms with Crippen LogP contribution in [0.25, 0.3) is 11.2 Å². The van der Waals surface area contributed by atoms with E-state index in [2.05, 4.69) is 20.3 Å². The van der Waals surface area contributed by atoms with Gasteiger partial charge in [0.1, 0.15) is 30.2 Å². The maximum absolute atomic E-state index is 12.6. The number of nitrogens with two attached hydrogens (primary N) is 1. The minimum atomic E-state index is -0.780. The Labute approximate surface area is 200 Å². The standard InChI is InChI=1S/C23H24N6O6/c1-23(2)34-17-14(7-4-8-25-21(30)12-5-3-6-13-16(12)32-11-31-13)33-22(18(17)35-23)29-10-28-15-19(24)26-9-27-20(15)29/h3-7,9-10,14,17-18,22H,8,11H2,1-2H3,(H,25,30)(H2,24,26,27)/t14-,17-,18-,22-/m1/s1. The first kappa shape index (κ1) is 21.8. The summed E-state index contributed by atoms with van der Waals surface area (Å²) in [6, 6.07) is 5.21. The van der Waals surface area contributed by atoms with Crippen LogP contribution in [0.2, 0.25) is 0 Å². The molecular weight excluding hydrogens is 456 g/mol. The molecule has 12 nitrogen and oxygen atoms in total. The molecule has 3 aliphatic heterocycles. The third-order valence-electron chi connectivity index (χ3n) is 6.07. The van der Waals surface area contributed by atoms with Crippen molar-refractivity contribution in [2.24, 2.45) is 0 Å². The van der Waals surface area contributed by atoms with Crippen LogP contribution < -0.4 is 20.5 Å². The number of imidazole rings is 1. The summed E-state index contributed by atoms with van der Waals surface area (Å²) in [4.78, 5) is 25.3. The highest BCUT2D eigenvalue weighted by atomic mass is 16.8. The van der Waals surface area contributed by atoms with E-state index in [1.165, 1.54) is 6.33 Å². The fourth-order valence-corrected chi connectivity index (χ4v) is 4.60. The zero-order chi connectivity index (χ0) is 24.2. The van der Waals surface area contributed by atoms with Crippen LogP contribution in [0, 0.1) is 0 Å². The van der Waals surface area contributed by atoms with E-state index in [0.29, 0.717) is 34.0 Å². The van der Waals surface area contributed by atoms with E-state index in [4.69, 9.17) is 29.4 Å². The van der Waals surface area contributed by atoms with Crippen LogP contribution in [-0.4, -0.2) is 62.9 Å². The first-order chi connectivity index (χ1) is 16.9. The second-order valence-corrected chi connectivity index (χ2v) is 8.82. The van der Waals surface area contributed by atoms with Gasteiger partial charge in [-0.05, 0) is 26.0 Å². The number of nitrogens with zero attached hydrogens (tertiary/aromatic N) is 4. The molecule has 2 aromatic heterocycles. The number of hydrogen-bond acceptors (Lipinski definition) is 10. The van der Waals surface area contributed by atoms with Crippen molar-refractivity contribution < 1.29 is 28.5 Å². The van der Waals surface area contributed by atoms with E-state index in [1.807, 2.05) is 26.0 Å². The van der Waals surface area contributed by atoms with Crippen molar-refractivity contribution in [3.8, 4) is 11.5 Å². The third kappa shape index (κ3) is 3.75. The molecule has 0 unspecified atom stereocenters. The SMILES string of the molecule is CC1(C)O[C@@H]2[C@H](O1)[C@@H](C=CCNC(=O)c1cccc3c1OCO3)O[C@H]2n1cnc2c(N)ncnc21. The summed E-state index contributed by atoms with van der Waals surface area (Å²) in [6.07, 6.45) is 4.98. The molecule has 0 saturated carbocycles. The normalized spacial score (nSPS) is 26.5. The zero-order valence-electron chi connectivity index (χ0n) is 19.1. The Bertz CT molecular complexity index is 1320. The first-order valence-corrected chi connectivity index (χ1v) is 11.2. The lowest BCUT2D eigenvalue weighted by atomic mass is 10.1. The highest BCUT2D eigenvalue weighted by molar-refractivity contribution is 5.98. The fraction of sp³-hybridized carbons (Fsp3) is 0.391. The van der Waals surface area contributed by atoms with Crippen molar-refractivity contribution in [1.29, 1.82) is 0 Å². The first-order valence-electron chi connectivity index (χ1n) is 11.2. The Hall–Kier alpha value is -3.74. The Kier molecular flexibility index (Phi) is 5.09. The van der Waals surface area contributed by atoms with E-state index >= 15 is 0 Å². The maximum Gasteiger partial charge on any atom is 0.255 e. The molecule has 35 heavy (non-hydrogen) atoms. The van der Waals surface area contributed by atoms with Crippen LogP contribution in [0.4, 0.5) is 5.82 Å². The number of hydrogen-bond donors (Lipinski definition) is 2. The number of nitrogen functional groups attached to an aromatic ring is 1. The molecule has 0 bridgehead atoms. The molecule has 3 aromatic rings. The van der Waals surface area contributed by atoms with E-state index in [-0.39, 0.29) is 25.3 Å². The molecule has 1 amide bonds. The van der Waals surface area contributed by atoms with E-state index in [9.17, 15) is 4.79 Å². The number of ether oxygens (including phenoxy) is 5. The molecule has 3 aliphatic rings. The van der Waals surface area contributed by atoms with Crippen LogP contribution in [0.3, 0.4) is 0 Å². The van der Waals surface area contributed by atoms with Crippen LogP contribution in [-0.2, 0) is 14.2 Å². The molecule has 1 aromatic carbocycles. The quantitative estimate of drug-likeness (QED) is 0.516. The van der Waals surface area contributed by atoms with Gasteiger partial charge in [0.05, 0.1) is 11.9 Å². The Morgan fingerprint density at radius 1 is 1.23 bits per heavy atom. The van der Waals surface area contributed by atoms with Crippen LogP contribution in [0.1, 0.15) is 30.4 Å². The zero-order valence-corrected chi connectivity index (χ0v) is 19.1. The molecule has 182 valence electrons. The number of benzene rings is 1. The van der Waals surface area contributed by atoms with E-state index in [0.717, 1.165) is 0 Å². The Morgan fingerprint density at radius 2 is 2.09 bits per heavy atom. The topological polar surface area (TPSA) is 145 Å². The molecule has 3 N–H and O–H groups in total. The molecule has 4 atom stereocenters. The largest absolute Gasteiger partial charge is 0.454 e. The molecule has 0 radical (unpaired) electrons. The van der Waals surface area contributed by atoms with Gasteiger partial charge in [-0.25, -0.2) is 15.0 Å². The predicted molar refractivity (Wildman–Crippen MR) is 122 cm³/mol. The van der Waals surface area contributed by atoms with Crippen molar-refractivity contribution in [2.45, 2.75) is 44.2 Å². The van der Waals surface area contributed by atoms with Gasteiger partial charge in [0.25, 0.3) is 5.91 Å². The Morgan fingerprint density at radius 3 is 2.97 bits per heavy atom.